The van der Waals surface area contributed by atoms with Gasteiger partial charge in [0.15, 0.2) is 0 Å². The van der Waals surface area contributed by atoms with Gasteiger partial charge in [-0.15, -0.1) is 0 Å². The Labute approximate surface area is 142 Å². The first-order valence-electron chi connectivity index (χ1n) is 8.72. The Morgan fingerprint density at radius 2 is 2.21 bits per heavy atom. The Morgan fingerprint density at radius 1 is 1.25 bits per heavy atom. The summed E-state index contributed by atoms with van der Waals surface area (Å²) < 4.78 is 17.9. The summed E-state index contributed by atoms with van der Waals surface area (Å²) in [5, 5.41) is 0. The van der Waals surface area contributed by atoms with Gasteiger partial charge in [-0.1, -0.05) is 6.07 Å². The van der Waals surface area contributed by atoms with Crippen molar-refractivity contribution in [2.24, 2.45) is 0 Å². The van der Waals surface area contributed by atoms with Crippen molar-refractivity contribution < 1.29 is 13.9 Å². The topological polar surface area (TPSA) is 47.7 Å². The van der Waals surface area contributed by atoms with Crippen LogP contribution in [0.25, 0.3) is 0 Å². The van der Waals surface area contributed by atoms with Crippen molar-refractivity contribution >= 4 is 0 Å². The molecule has 2 aromatic heterocycles. The maximum atomic E-state index is 6.12. The first kappa shape index (κ1) is 15.8. The quantitative estimate of drug-likeness (QED) is 0.844. The molecule has 0 unspecified atom stereocenters. The number of aryl methyl sites for hydroxylation is 1. The van der Waals surface area contributed by atoms with Crippen LogP contribution in [0, 0.1) is 6.92 Å². The van der Waals surface area contributed by atoms with E-state index in [1.54, 1.807) is 6.20 Å². The maximum Gasteiger partial charge on any atom is 0.118 e. The van der Waals surface area contributed by atoms with Crippen LogP contribution in [-0.2, 0) is 22.6 Å². The Kier molecular flexibility index (Phi) is 4.65. The highest BCUT2D eigenvalue weighted by Crippen LogP contribution is 2.33. The number of ether oxygens (including phenoxy) is 2. The van der Waals surface area contributed by atoms with Crippen molar-refractivity contribution in [1.29, 1.82) is 0 Å². The predicted octanol–water partition coefficient (Wildman–Crippen LogP) is 2.93. The molecule has 4 rings (SSSR count). The molecule has 2 aromatic rings. The Hall–Kier alpha value is -1.69. The van der Waals surface area contributed by atoms with E-state index in [0.717, 1.165) is 49.8 Å². The molecule has 128 valence electrons. The van der Waals surface area contributed by atoms with Gasteiger partial charge in [0.1, 0.15) is 11.5 Å². The standard InChI is InChI=1S/C19H24N2O3/c1-14-5-6-16(24-14)12-21-10-11-22-19-17(21)7-8-18(19)23-13-15-4-2-3-9-20-15/h2-6,9,17-19H,7-8,10-13H2,1H3/t17-,18+,19+/m0/s1. The summed E-state index contributed by atoms with van der Waals surface area (Å²) >= 11 is 0. The van der Waals surface area contributed by atoms with Gasteiger partial charge in [-0.05, 0) is 44.0 Å². The summed E-state index contributed by atoms with van der Waals surface area (Å²) in [6.45, 7) is 5.10. The third-order valence-corrected chi connectivity index (χ3v) is 4.98. The molecule has 1 saturated heterocycles. The summed E-state index contributed by atoms with van der Waals surface area (Å²) in [5.41, 5.74) is 0.972. The largest absolute Gasteiger partial charge is 0.465 e. The zero-order valence-electron chi connectivity index (χ0n) is 14.1. The van der Waals surface area contributed by atoms with E-state index >= 15 is 0 Å². The van der Waals surface area contributed by atoms with E-state index in [0.29, 0.717) is 12.6 Å². The van der Waals surface area contributed by atoms with Gasteiger partial charge >= 0.3 is 0 Å². The Bertz CT molecular complexity index is 658. The molecule has 1 aliphatic heterocycles. The van der Waals surface area contributed by atoms with Gasteiger partial charge in [0.25, 0.3) is 0 Å². The van der Waals surface area contributed by atoms with Crippen LogP contribution in [0.5, 0.6) is 0 Å². The molecule has 0 amide bonds. The lowest BCUT2D eigenvalue weighted by Gasteiger charge is -2.38. The summed E-state index contributed by atoms with van der Waals surface area (Å²) in [5.74, 6) is 2.00. The van der Waals surface area contributed by atoms with E-state index < -0.39 is 0 Å². The lowest BCUT2D eigenvalue weighted by atomic mass is 10.1. The summed E-state index contributed by atoms with van der Waals surface area (Å²) in [6.07, 6.45) is 4.25. The van der Waals surface area contributed by atoms with Crippen molar-refractivity contribution in [1.82, 2.24) is 9.88 Å². The number of pyridine rings is 1. The number of morpholine rings is 1. The number of nitrogens with zero attached hydrogens (tertiary/aromatic N) is 2. The average Bonchev–Trinajstić information content (AvgIpc) is 3.21. The molecular formula is C19H24N2O3. The number of aromatic nitrogens is 1. The number of hydrogen-bond donors (Lipinski definition) is 0. The van der Waals surface area contributed by atoms with Crippen LogP contribution in [0.15, 0.2) is 40.9 Å². The number of furan rings is 1. The van der Waals surface area contributed by atoms with Crippen molar-refractivity contribution in [3.63, 3.8) is 0 Å². The molecular weight excluding hydrogens is 304 g/mol. The number of rotatable bonds is 5. The van der Waals surface area contributed by atoms with Crippen molar-refractivity contribution in [3.8, 4) is 0 Å². The molecule has 3 heterocycles. The molecule has 0 N–H and O–H groups in total. The van der Waals surface area contributed by atoms with Crippen LogP contribution in [-0.4, -0.2) is 41.3 Å². The van der Waals surface area contributed by atoms with Crippen LogP contribution >= 0.6 is 0 Å². The van der Waals surface area contributed by atoms with Gasteiger partial charge in [0.2, 0.25) is 0 Å². The van der Waals surface area contributed by atoms with Crippen molar-refractivity contribution in [3.05, 3.63) is 53.7 Å². The molecule has 1 saturated carbocycles. The van der Waals surface area contributed by atoms with Gasteiger partial charge in [0.05, 0.1) is 37.7 Å². The highest BCUT2D eigenvalue weighted by molar-refractivity contribution is 5.07. The van der Waals surface area contributed by atoms with Crippen molar-refractivity contribution in [2.75, 3.05) is 13.2 Å². The SMILES string of the molecule is Cc1ccc(CN2CCO[C@H]3[C@H](OCc4ccccn4)CC[C@@H]32)o1. The molecule has 0 aromatic carbocycles. The average molecular weight is 328 g/mol. The molecule has 1 aliphatic carbocycles. The van der Waals surface area contributed by atoms with Crippen LogP contribution in [0.3, 0.4) is 0 Å². The highest BCUT2D eigenvalue weighted by Gasteiger charge is 2.43. The van der Waals surface area contributed by atoms with Crippen LogP contribution in [0.2, 0.25) is 0 Å². The smallest absolute Gasteiger partial charge is 0.118 e. The normalized spacial score (nSPS) is 27.3. The Morgan fingerprint density at radius 3 is 3.00 bits per heavy atom. The first-order chi connectivity index (χ1) is 11.8. The van der Waals surface area contributed by atoms with Crippen LogP contribution in [0.4, 0.5) is 0 Å². The monoisotopic (exact) mass is 328 g/mol. The second-order valence-corrected chi connectivity index (χ2v) is 6.63. The van der Waals surface area contributed by atoms with E-state index in [1.807, 2.05) is 31.2 Å². The van der Waals surface area contributed by atoms with E-state index in [4.69, 9.17) is 13.9 Å². The minimum Gasteiger partial charge on any atom is -0.465 e. The molecule has 5 nitrogen and oxygen atoms in total. The number of hydrogen-bond acceptors (Lipinski definition) is 5. The second-order valence-electron chi connectivity index (χ2n) is 6.63. The molecule has 0 bridgehead atoms. The number of fused-ring (bicyclic) bond motifs is 1. The maximum absolute atomic E-state index is 6.12. The van der Waals surface area contributed by atoms with Crippen LogP contribution < -0.4 is 0 Å². The minimum atomic E-state index is 0.151. The molecule has 3 atom stereocenters. The third-order valence-electron chi connectivity index (χ3n) is 4.98. The summed E-state index contributed by atoms with van der Waals surface area (Å²) in [4.78, 5) is 6.81. The van der Waals surface area contributed by atoms with Crippen molar-refractivity contribution in [2.45, 2.75) is 51.2 Å². The van der Waals surface area contributed by atoms with E-state index in [9.17, 15) is 0 Å². The molecule has 0 spiro atoms. The van der Waals surface area contributed by atoms with Gasteiger partial charge in [-0.3, -0.25) is 9.88 Å². The van der Waals surface area contributed by atoms with Gasteiger partial charge in [-0.2, -0.15) is 0 Å². The van der Waals surface area contributed by atoms with Gasteiger partial charge in [0, 0.05) is 18.8 Å². The zero-order chi connectivity index (χ0) is 16.4. The summed E-state index contributed by atoms with van der Waals surface area (Å²) in [6, 6.07) is 10.4. The minimum absolute atomic E-state index is 0.151. The van der Waals surface area contributed by atoms with E-state index in [1.165, 1.54) is 0 Å². The van der Waals surface area contributed by atoms with E-state index in [-0.39, 0.29) is 12.2 Å². The molecule has 2 aliphatic rings. The predicted molar refractivity (Wildman–Crippen MR) is 89.4 cm³/mol. The zero-order valence-corrected chi connectivity index (χ0v) is 14.1. The van der Waals surface area contributed by atoms with Gasteiger partial charge in [-0.25, -0.2) is 0 Å². The molecule has 5 heteroatoms. The third kappa shape index (κ3) is 3.38. The second kappa shape index (κ2) is 7.05. The summed E-state index contributed by atoms with van der Waals surface area (Å²) in [7, 11) is 0. The highest BCUT2D eigenvalue weighted by atomic mass is 16.5. The lowest BCUT2D eigenvalue weighted by molar-refractivity contribution is -0.119. The molecule has 0 radical (unpaired) electrons. The molecule has 24 heavy (non-hydrogen) atoms. The fraction of sp³-hybridized carbons (Fsp3) is 0.526. The molecule has 2 fully saturated rings. The van der Waals surface area contributed by atoms with Gasteiger partial charge < -0.3 is 13.9 Å². The fourth-order valence-electron chi connectivity index (χ4n) is 3.81. The lowest BCUT2D eigenvalue weighted by Crippen LogP contribution is -2.51. The van der Waals surface area contributed by atoms with Crippen LogP contribution in [0.1, 0.15) is 30.1 Å². The van der Waals surface area contributed by atoms with E-state index in [2.05, 4.69) is 16.0 Å². The first-order valence-corrected chi connectivity index (χ1v) is 8.72. The Balaban J connectivity index is 1.37. The fourth-order valence-corrected chi connectivity index (χ4v) is 3.81.